The standard InChI is InChI=1S/C24H27N5O4S/c1-3-22(30)26-18-9-6-16(7-10-18)23(31)29-12-4-5-19(15-29)27-24-25-14-17-8-11-20(34(2,32)33)13-21(17)28-24/h6-11,13-14,19H,3-5,12,15H2,1-2H3,(H,26,30)(H,25,27,28)/t19-/m1/s1. The first-order valence-corrected chi connectivity index (χ1v) is 13.0. The lowest BCUT2D eigenvalue weighted by Gasteiger charge is -2.33. The van der Waals surface area contributed by atoms with E-state index in [4.69, 9.17) is 0 Å². The maximum atomic E-state index is 13.0. The molecule has 3 aromatic rings. The number of carbonyl (C=O) groups excluding carboxylic acids is 2. The molecule has 1 atom stereocenters. The van der Waals surface area contributed by atoms with Crippen LogP contribution in [0.1, 0.15) is 36.5 Å². The monoisotopic (exact) mass is 481 g/mol. The zero-order chi connectivity index (χ0) is 24.3. The van der Waals surface area contributed by atoms with E-state index < -0.39 is 9.84 Å². The quantitative estimate of drug-likeness (QED) is 0.555. The zero-order valence-electron chi connectivity index (χ0n) is 19.1. The molecule has 0 radical (unpaired) electrons. The topological polar surface area (TPSA) is 121 Å². The predicted octanol–water partition coefficient (Wildman–Crippen LogP) is 3.10. The van der Waals surface area contributed by atoms with Gasteiger partial charge in [0.05, 0.1) is 10.4 Å². The van der Waals surface area contributed by atoms with Gasteiger partial charge in [-0.2, -0.15) is 0 Å². The van der Waals surface area contributed by atoms with Crippen LogP contribution in [0, 0.1) is 0 Å². The Kier molecular flexibility index (Phi) is 6.78. The highest BCUT2D eigenvalue weighted by Gasteiger charge is 2.25. The first-order chi connectivity index (χ1) is 16.2. The number of hydrogen-bond donors (Lipinski definition) is 2. The van der Waals surface area contributed by atoms with Gasteiger partial charge in [-0.1, -0.05) is 6.92 Å². The molecule has 1 aromatic heterocycles. The summed E-state index contributed by atoms with van der Waals surface area (Å²) < 4.78 is 23.7. The Bertz CT molecular complexity index is 1320. The van der Waals surface area contributed by atoms with Gasteiger partial charge in [-0.3, -0.25) is 9.59 Å². The molecule has 2 aromatic carbocycles. The summed E-state index contributed by atoms with van der Waals surface area (Å²) in [5, 5.41) is 6.81. The van der Waals surface area contributed by atoms with Gasteiger partial charge in [0.15, 0.2) is 9.84 Å². The molecule has 0 bridgehead atoms. The molecule has 1 saturated heterocycles. The van der Waals surface area contributed by atoms with Crippen LogP contribution in [-0.2, 0) is 14.6 Å². The zero-order valence-corrected chi connectivity index (χ0v) is 19.9. The molecule has 1 aliphatic rings. The number of piperidine rings is 1. The van der Waals surface area contributed by atoms with Crippen molar-refractivity contribution in [1.29, 1.82) is 0 Å². The van der Waals surface area contributed by atoms with E-state index in [0.717, 1.165) is 24.5 Å². The fourth-order valence-corrected chi connectivity index (χ4v) is 4.53. The average Bonchev–Trinajstić information content (AvgIpc) is 2.83. The van der Waals surface area contributed by atoms with Gasteiger partial charge in [0.1, 0.15) is 0 Å². The van der Waals surface area contributed by atoms with Crippen molar-refractivity contribution in [2.24, 2.45) is 0 Å². The third-order valence-corrected chi connectivity index (χ3v) is 6.87. The Morgan fingerprint density at radius 1 is 1.15 bits per heavy atom. The van der Waals surface area contributed by atoms with Crippen LogP contribution < -0.4 is 10.6 Å². The number of sulfone groups is 1. The Hall–Kier alpha value is -3.53. The van der Waals surface area contributed by atoms with Crippen molar-refractivity contribution in [3.8, 4) is 0 Å². The summed E-state index contributed by atoms with van der Waals surface area (Å²) in [6.07, 6.45) is 4.90. The van der Waals surface area contributed by atoms with Gasteiger partial charge in [0.25, 0.3) is 5.91 Å². The number of rotatable bonds is 6. The number of amides is 2. The van der Waals surface area contributed by atoms with E-state index in [-0.39, 0.29) is 22.8 Å². The minimum absolute atomic E-state index is 0.0312. The van der Waals surface area contributed by atoms with E-state index in [1.807, 2.05) is 0 Å². The van der Waals surface area contributed by atoms with E-state index >= 15 is 0 Å². The Morgan fingerprint density at radius 2 is 1.91 bits per heavy atom. The normalized spacial score (nSPS) is 16.3. The fraction of sp³-hybridized carbons (Fsp3) is 0.333. The molecule has 0 aliphatic carbocycles. The smallest absolute Gasteiger partial charge is 0.253 e. The lowest BCUT2D eigenvalue weighted by Crippen LogP contribution is -2.45. The van der Waals surface area contributed by atoms with Crippen molar-refractivity contribution >= 4 is 44.2 Å². The second-order valence-electron chi connectivity index (χ2n) is 8.40. The third-order valence-electron chi connectivity index (χ3n) is 5.76. The summed E-state index contributed by atoms with van der Waals surface area (Å²) in [7, 11) is -3.33. The van der Waals surface area contributed by atoms with Gasteiger partial charge in [-0.05, 0) is 55.3 Å². The maximum absolute atomic E-state index is 13.0. The average molecular weight is 482 g/mol. The molecule has 0 unspecified atom stereocenters. The molecule has 0 saturated carbocycles. The van der Waals surface area contributed by atoms with Crippen LogP contribution in [0.4, 0.5) is 11.6 Å². The molecule has 2 heterocycles. The molecular formula is C24H27N5O4S. The second kappa shape index (κ2) is 9.76. The summed E-state index contributed by atoms with van der Waals surface area (Å²) in [5.41, 5.74) is 1.76. The molecule has 0 spiro atoms. The number of aromatic nitrogens is 2. The molecule has 4 rings (SSSR count). The highest BCUT2D eigenvalue weighted by Crippen LogP contribution is 2.21. The van der Waals surface area contributed by atoms with Crippen LogP contribution >= 0.6 is 0 Å². The summed E-state index contributed by atoms with van der Waals surface area (Å²) in [6.45, 7) is 2.93. The van der Waals surface area contributed by atoms with Gasteiger partial charge < -0.3 is 15.5 Å². The first kappa shape index (κ1) is 23.6. The number of benzene rings is 2. The van der Waals surface area contributed by atoms with Gasteiger partial charge in [0, 0.05) is 54.6 Å². The predicted molar refractivity (Wildman–Crippen MR) is 131 cm³/mol. The Morgan fingerprint density at radius 3 is 2.62 bits per heavy atom. The number of likely N-dealkylation sites (tertiary alicyclic amines) is 1. The van der Waals surface area contributed by atoms with Crippen molar-refractivity contribution in [3.63, 3.8) is 0 Å². The number of anilines is 2. The molecule has 1 fully saturated rings. The van der Waals surface area contributed by atoms with E-state index in [0.29, 0.717) is 42.2 Å². The molecule has 34 heavy (non-hydrogen) atoms. The van der Waals surface area contributed by atoms with Crippen LogP contribution in [0.5, 0.6) is 0 Å². The van der Waals surface area contributed by atoms with Crippen molar-refractivity contribution in [2.75, 3.05) is 30.0 Å². The lowest BCUT2D eigenvalue weighted by molar-refractivity contribution is -0.115. The van der Waals surface area contributed by atoms with Crippen LogP contribution in [0.25, 0.3) is 10.9 Å². The van der Waals surface area contributed by atoms with Gasteiger partial charge in [0.2, 0.25) is 11.9 Å². The molecular weight excluding hydrogens is 454 g/mol. The SMILES string of the molecule is CCC(=O)Nc1ccc(C(=O)N2CCC[C@@H](Nc3ncc4ccc(S(C)(=O)=O)cc4n3)C2)cc1. The maximum Gasteiger partial charge on any atom is 0.253 e. The van der Waals surface area contributed by atoms with Crippen molar-refractivity contribution in [3.05, 3.63) is 54.2 Å². The van der Waals surface area contributed by atoms with Crippen LogP contribution in [0.15, 0.2) is 53.6 Å². The number of nitrogens with one attached hydrogen (secondary N) is 2. The minimum Gasteiger partial charge on any atom is -0.350 e. The largest absolute Gasteiger partial charge is 0.350 e. The molecule has 9 nitrogen and oxygen atoms in total. The molecule has 1 aliphatic heterocycles. The first-order valence-electron chi connectivity index (χ1n) is 11.2. The van der Waals surface area contributed by atoms with Crippen molar-refractivity contribution in [1.82, 2.24) is 14.9 Å². The third kappa shape index (κ3) is 5.51. The van der Waals surface area contributed by atoms with Gasteiger partial charge in [-0.25, -0.2) is 18.4 Å². The Labute approximate surface area is 198 Å². The molecule has 10 heteroatoms. The Balaban J connectivity index is 1.44. The number of carbonyl (C=O) groups is 2. The summed E-state index contributed by atoms with van der Waals surface area (Å²) in [5.74, 6) is 0.248. The number of fused-ring (bicyclic) bond motifs is 1. The van der Waals surface area contributed by atoms with Crippen molar-refractivity contribution < 1.29 is 18.0 Å². The van der Waals surface area contributed by atoms with E-state index in [9.17, 15) is 18.0 Å². The van der Waals surface area contributed by atoms with Crippen LogP contribution in [0.2, 0.25) is 0 Å². The van der Waals surface area contributed by atoms with Crippen molar-refractivity contribution in [2.45, 2.75) is 37.1 Å². The highest BCUT2D eigenvalue weighted by atomic mass is 32.2. The van der Waals surface area contributed by atoms with Gasteiger partial charge >= 0.3 is 0 Å². The summed E-state index contributed by atoms with van der Waals surface area (Å²) in [6, 6.07) is 11.6. The highest BCUT2D eigenvalue weighted by molar-refractivity contribution is 7.90. The van der Waals surface area contributed by atoms with E-state index in [1.165, 1.54) is 0 Å². The second-order valence-corrected chi connectivity index (χ2v) is 10.4. The lowest BCUT2D eigenvalue weighted by atomic mass is 10.0. The number of hydrogen-bond acceptors (Lipinski definition) is 7. The molecule has 2 amide bonds. The number of nitrogens with zero attached hydrogens (tertiary/aromatic N) is 3. The molecule has 178 valence electrons. The molecule has 2 N–H and O–H groups in total. The van der Waals surface area contributed by atoms with E-state index in [2.05, 4.69) is 20.6 Å². The fourth-order valence-electron chi connectivity index (χ4n) is 3.89. The summed E-state index contributed by atoms with van der Waals surface area (Å²) in [4.78, 5) is 35.4. The van der Waals surface area contributed by atoms with Gasteiger partial charge in [-0.15, -0.1) is 0 Å². The van der Waals surface area contributed by atoms with Crippen LogP contribution in [-0.4, -0.2) is 60.5 Å². The van der Waals surface area contributed by atoms with E-state index in [1.54, 1.807) is 60.5 Å². The van der Waals surface area contributed by atoms with Crippen LogP contribution in [0.3, 0.4) is 0 Å². The minimum atomic E-state index is -3.33. The summed E-state index contributed by atoms with van der Waals surface area (Å²) >= 11 is 0.